The standard InChI is InChI=1S/C11H19N3O/c1-9(5-11(2,3)15-4)14-10-6-12-8-13-7-10/h6-9,14H,5H2,1-4H3. The Balaban J connectivity index is 2.46. The van der Waals surface area contributed by atoms with Crippen molar-refractivity contribution in [1.82, 2.24) is 9.97 Å². The zero-order valence-corrected chi connectivity index (χ0v) is 9.82. The highest BCUT2D eigenvalue weighted by Crippen LogP contribution is 2.17. The number of anilines is 1. The van der Waals surface area contributed by atoms with E-state index in [9.17, 15) is 0 Å². The van der Waals surface area contributed by atoms with E-state index in [1.165, 1.54) is 6.33 Å². The van der Waals surface area contributed by atoms with Crippen LogP contribution >= 0.6 is 0 Å². The molecule has 84 valence electrons. The summed E-state index contributed by atoms with van der Waals surface area (Å²) in [6.45, 7) is 6.27. The van der Waals surface area contributed by atoms with Crippen molar-refractivity contribution in [3.8, 4) is 0 Å². The topological polar surface area (TPSA) is 47.0 Å². The number of rotatable bonds is 5. The zero-order chi connectivity index (χ0) is 11.3. The normalized spacial score (nSPS) is 13.6. The molecule has 0 radical (unpaired) electrons. The fraction of sp³-hybridized carbons (Fsp3) is 0.636. The third kappa shape index (κ3) is 4.25. The highest BCUT2D eigenvalue weighted by atomic mass is 16.5. The summed E-state index contributed by atoms with van der Waals surface area (Å²) < 4.78 is 5.37. The Morgan fingerprint density at radius 3 is 2.53 bits per heavy atom. The molecule has 0 saturated heterocycles. The minimum absolute atomic E-state index is 0.109. The predicted molar refractivity (Wildman–Crippen MR) is 60.8 cm³/mol. The maximum Gasteiger partial charge on any atom is 0.115 e. The molecule has 4 heteroatoms. The van der Waals surface area contributed by atoms with Gasteiger partial charge in [0, 0.05) is 13.2 Å². The quantitative estimate of drug-likeness (QED) is 0.806. The van der Waals surface area contributed by atoms with Gasteiger partial charge < -0.3 is 10.1 Å². The van der Waals surface area contributed by atoms with Crippen LogP contribution in [-0.2, 0) is 4.74 Å². The first-order valence-corrected chi connectivity index (χ1v) is 5.10. The summed E-state index contributed by atoms with van der Waals surface area (Å²) in [6.07, 6.45) is 5.99. The van der Waals surface area contributed by atoms with Crippen molar-refractivity contribution < 1.29 is 4.74 Å². The van der Waals surface area contributed by atoms with Gasteiger partial charge in [-0.25, -0.2) is 9.97 Å². The summed E-state index contributed by atoms with van der Waals surface area (Å²) in [6, 6.07) is 0.325. The largest absolute Gasteiger partial charge is 0.380 e. The Hall–Kier alpha value is -1.16. The monoisotopic (exact) mass is 209 g/mol. The lowest BCUT2D eigenvalue weighted by Crippen LogP contribution is -2.31. The summed E-state index contributed by atoms with van der Waals surface area (Å²) in [5, 5.41) is 3.33. The fourth-order valence-corrected chi connectivity index (χ4v) is 1.53. The highest BCUT2D eigenvalue weighted by Gasteiger charge is 2.19. The minimum atomic E-state index is -0.109. The second-order valence-corrected chi connectivity index (χ2v) is 4.34. The van der Waals surface area contributed by atoms with E-state index >= 15 is 0 Å². The van der Waals surface area contributed by atoms with Crippen LogP contribution in [0, 0.1) is 0 Å². The first-order valence-electron chi connectivity index (χ1n) is 5.10. The lowest BCUT2D eigenvalue weighted by molar-refractivity contribution is 0.0128. The molecule has 15 heavy (non-hydrogen) atoms. The number of aromatic nitrogens is 2. The molecule has 1 unspecified atom stereocenters. The average Bonchev–Trinajstić information content (AvgIpc) is 2.18. The van der Waals surface area contributed by atoms with Crippen molar-refractivity contribution in [3.05, 3.63) is 18.7 Å². The van der Waals surface area contributed by atoms with Gasteiger partial charge in [0.2, 0.25) is 0 Å². The van der Waals surface area contributed by atoms with E-state index in [-0.39, 0.29) is 5.60 Å². The maximum absolute atomic E-state index is 5.37. The van der Waals surface area contributed by atoms with Gasteiger partial charge >= 0.3 is 0 Å². The number of methoxy groups -OCH3 is 1. The van der Waals surface area contributed by atoms with Gasteiger partial charge in [-0.3, -0.25) is 0 Å². The van der Waals surface area contributed by atoms with Crippen LogP contribution in [0.15, 0.2) is 18.7 Å². The number of nitrogens with one attached hydrogen (secondary N) is 1. The lowest BCUT2D eigenvalue weighted by Gasteiger charge is -2.27. The molecular formula is C11H19N3O. The van der Waals surface area contributed by atoms with Crippen LogP contribution in [0.2, 0.25) is 0 Å². The molecule has 1 N–H and O–H groups in total. The second kappa shape index (κ2) is 5.07. The van der Waals surface area contributed by atoms with Crippen molar-refractivity contribution in [2.75, 3.05) is 12.4 Å². The highest BCUT2D eigenvalue weighted by molar-refractivity contribution is 5.38. The predicted octanol–water partition coefficient (Wildman–Crippen LogP) is 2.09. The van der Waals surface area contributed by atoms with Crippen molar-refractivity contribution in [3.63, 3.8) is 0 Å². The minimum Gasteiger partial charge on any atom is -0.380 e. The van der Waals surface area contributed by atoms with Gasteiger partial charge in [0.1, 0.15) is 6.33 Å². The SMILES string of the molecule is COC(C)(C)CC(C)Nc1cncnc1. The van der Waals surface area contributed by atoms with Crippen molar-refractivity contribution >= 4 is 5.69 Å². The Morgan fingerprint density at radius 1 is 1.40 bits per heavy atom. The third-order valence-electron chi connectivity index (χ3n) is 2.32. The summed E-state index contributed by atoms with van der Waals surface area (Å²) in [5.74, 6) is 0. The van der Waals surface area contributed by atoms with Crippen LogP contribution in [0.1, 0.15) is 27.2 Å². The van der Waals surface area contributed by atoms with Gasteiger partial charge in [-0.2, -0.15) is 0 Å². The molecule has 1 atom stereocenters. The molecule has 0 spiro atoms. The van der Waals surface area contributed by atoms with Gasteiger partial charge in [0.15, 0.2) is 0 Å². The van der Waals surface area contributed by atoms with E-state index in [0.717, 1.165) is 12.1 Å². The lowest BCUT2D eigenvalue weighted by atomic mass is 10.00. The molecule has 1 aromatic rings. The maximum atomic E-state index is 5.37. The average molecular weight is 209 g/mol. The first kappa shape index (κ1) is 11.9. The van der Waals surface area contributed by atoms with Gasteiger partial charge in [0.25, 0.3) is 0 Å². The molecule has 0 amide bonds. The van der Waals surface area contributed by atoms with Crippen molar-refractivity contribution in [1.29, 1.82) is 0 Å². The van der Waals surface area contributed by atoms with Crippen LogP contribution in [0.5, 0.6) is 0 Å². The van der Waals surface area contributed by atoms with Crippen LogP contribution in [-0.4, -0.2) is 28.7 Å². The number of hydrogen-bond donors (Lipinski definition) is 1. The zero-order valence-electron chi connectivity index (χ0n) is 9.82. The summed E-state index contributed by atoms with van der Waals surface area (Å²) in [5.41, 5.74) is 0.833. The van der Waals surface area contributed by atoms with Crippen LogP contribution in [0.4, 0.5) is 5.69 Å². The van der Waals surface area contributed by atoms with Gasteiger partial charge in [-0.1, -0.05) is 0 Å². The van der Waals surface area contributed by atoms with Crippen molar-refractivity contribution in [2.45, 2.75) is 38.8 Å². The Labute approximate surface area is 91.1 Å². The van der Waals surface area contributed by atoms with E-state index in [4.69, 9.17) is 4.74 Å². The van der Waals surface area contributed by atoms with Gasteiger partial charge in [-0.05, 0) is 27.2 Å². The summed E-state index contributed by atoms with van der Waals surface area (Å²) in [7, 11) is 1.73. The molecule has 4 nitrogen and oxygen atoms in total. The first-order chi connectivity index (χ1) is 7.03. The van der Waals surface area contributed by atoms with Gasteiger partial charge in [-0.15, -0.1) is 0 Å². The van der Waals surface area contributed by atoms with Crippen molar-refractivity contribution in [2.24, 2.45) is 0 Å². The van der Waals surface area contributed by atoms with E-state index in [1.54, 1.807) is 19.5 Å². The third-order valence-corrected chi connectivity index (χ3v) is 2.32. The Morgan fingerprint density at radius 2 is 2.00 bits per heavy atom. The molecular weight excluding hydrogens is 190 g/mol. The van der Waals surface area contributed by atoms with E-state index < -0.39 is 0 Å². The molecule has 0 saturated carbocycles. The van der Waals surface area contributed by atoms with Crippen LogP contribution in [0.25, 0.3) is 0 Å². The van der Waals surface area contributed by atoms with E-state index in [2.05, 4.69) is 36.1 Å². The summed E-state index contributed by atoms with van der Waals surface area (Å²) in [4.78, 5) is 7.90. The van der Waals surface area contributed by atoms with E-state index in [1.807, 2.05) is 0 Å². The van der Waals surface area contributed by atoms with Crippen LogP contribution < -0.4 is 5.32 Å². The molecule has 1 aromatic heterocycles. The van der Waals surface area contributed by atoms with Crippen LogP contribution in [0.3, 0.4) is 0 Å². The molecule has 0 aliphatic heterocycles. The molecule has 0 aliphatic carbocycles. The Bertz CT molecular complexity index is 287. The number of nitrogens with zero attached hydrogens (tertiary/aromatic N) is 2. The molecule has 1 heterocycles. The molecule has 0 aromatic carbocycles. The summed E-state index contributed by atoms with van der Waals surface area (Å²) >= 11 is 0. The molecule has 0 aliphatic rings. The van der Waals surface area contributed by atoms with E-state index in [0.29, 0.717) is 6.04 Å². The number of ether oxygens (including phenoxy) is 1. The second-order valence-electron chi connectivity index (χ2n) is 4.34. The molecule has 0 fully saturated rings. The van der Waals surface area contributed by atoms with Gasteiger partial charge in [0.05, 0.1) is 23.7 Å². The molecule has 0 bridgehead atoms. The molecule has 1 rings (SSSR count). The Kier molecular flexibility index (Phi) is 4.03. The fourth-order valence-electron chi connectivity index (χ4n) is 1.53. The number of hydrogen-bond acceptors (Lipinski definition) is 4. The smallest absolute Gasteiger partial charge is 0.115 e.